The first-order chi connectivity index (χ1) is 13.5. The summed E-state index contributed by atoms with van der Waals surface area (Å²) < 4.78 is 11.3. The van der Waals surface area contributed by atoms with Gasteiger partial charge in [-0.05, 0) is 56.7 Å². The third-order valence-electron chi connectivity index (χ3n) is 4.57. The Kier molecular flexibility index (Phi) is 5.82. The van der Waals surface area contributed by atoms with Crippen LogP contribution in [-0.4, -0.2) is 35.6 Å². The molecule has 1 aromatic carbocycles. The zero-order chi connectivity index (χ0) is 20.1. The molecule has 0 fully saturated rings. The Balaban J connectivity index is 1.85. The number of hydrogen-bond donors (Lipinski definition) is 1. The van der Waals surface area contributed by atoms with Gasteiger partial charge in [-0.1, -0.05) is 13.3 Å². The van der Waals surface area contributed by atoms with Crippen LogP contribution < -0.4 is 19.7 Å². The van der Waals surface area contributed by atoms with Gasteiger partial charge >= 0.3 is 0 Å². The number of nitrogens with zero attached hydrogens (tertiary/aromatic N) is 2. The van der Waals surface area contributed by atoms with Gasteiger partial charge in [0.1, 0.15) is 5.75 Å². The highest BCUT2D eigenvalue weighted by molar-refractivity contribution is 6.19. The number of aromatic nitrogens is 1. The lowest BCUT2D eigenvalue weighted by molar-refractivity contribution is -0.145. The van der Waals surface area contributed by atoms with Crippen molar-refractivity contribution in [3.05, 3.63) is 42.6 Å². The van der Waals surface area contributed by atoms with E-state index in [2.05, 4.69) is 10.3 Å². The van der Waals surface area contributed by atoms with E-state index in [4.69, 9.17) is 9.47 Å². The zero-order valence-electron chi connectivity index (χ0n) is 16.4. The normalized spacial score (nSPS) is 18.2. The summed E-state index contributed by atoms with van der Waals surface area (Å²) in [4.78, 5) is 32.0. The summed E-state index contributed by atoms with van der Waals surface area (Å²) in [6.07, 6.45) is 3.33. The number of fused-ring (bicyclic) bond motifs is 1. The largest absolute Gasteiger partial charge is 0.494 e. The molecule has 1 atom stereocenters. The molecule has 1 aromatic heterocycles. The minimum Gasteiger partial charge on any atom is -0.494 e. The number of ether oxygens (including phenoxy) is 2. The number of anilines is 2. The highest BCUT2D eigenvalue weighted by atomic mass is 16.5. The molecule has 0 saturated heterocycles. The number of rotatable bonds is 7. The van der Waals surface area contributed by atoms with Crippen molar-refractivity contribution < 1.29 is 19.1 Å². The first-order valence-electron chi connectivity index (χ1n) is 9.50. The van der Waals surface area contributed by atoms with E-state index in [1.54, 1.807) is 47.5 Å². The number of amides is 2. The van der Waals surface area contributed by atoms with Crippen molar-refractivity contribution in [3.8, 4) is 11.5 Å². The monoisotopic (exact) mass is 383 g/mol. The summed E-state index contributed by atoms with van der Waals surface area (Å²) in [6, 6.07) is 10.4. The average molecular weight is 383 g/mol. The molecule has 7 nitrogen and oxygen atoms in total. The molecule has 0 radical (unpaired) electrons. The maximum atomic E-state index is 13.2. The van der Waals surface area contributed by atoms with Crippen LogP contribution in [0, 0.1) is 0 Å². The van der Waals surface area contributed by atoms with Crippen LogP contribution in [0.2, 0.25) is 0 Å². The summed E-state index contributed by atoms with van der Waals surface area (Å²) in [5, 5.41) is 2.77. The van der Waals surface area contributed by atoms with Gasteiger partial charge in [-0.15, -0.1) is 0 Å². The molecule has 28 heavy (non-hydrogen) atoms. The third-order valence-corrected chi connectivity index (χ3v) is 4.57. The van der Waals surface area contributed by atoms with Crippen molar-refractivity contribution in [3.63, 3.8) is 0 Å². The molecule has 1 aliphatic heterocycles. The van der Waals surface area contributed by atoms with E-state index < -0.39 is 17.4 Å². The van der Waals surface area contributed by atoms with Gasteiger partial charge in [0.15, 0.2) is 11.6 Å². The van der Waals surface area contributed by atoms with Gasteiger partial charge in [-0.25, -0.2) is 4.98 Å². The smallest absolute Gasteiger partial charge is 0.282 e. The maximum Gasteiger partial charge on any atom is 0.282 e. The van der Waals surface area contributed by atoms with E-state index in [-0.39, 0.29) is 0 Å². The van der Waals surface area contributed by atoms with Crippen molar-refractivity contribution in [1.82, 2.24) is 4.98 Å². The Labute approximate surface area is 164 Å². The number of carbonyl (C=O) groups is 2. The Morgan fingerprint density at radius 3 is 2.68 bits per heavy atom. The molecule has 1 N–H and O–H groups in total. The van der Waals surface area contributed by atoms with Gasteiger partial charge in [-0.3, -0.25) is 14.5 Å². The molecule has 0 spiro atoms. The molecule has 3 rings (SSSR count). The number of benzene rings is 1. The molecule has 2 amide bonds. The van der Waals surface area contributed by atoms with Crippen LogP contribution in [0.5, 0.6) is 11.5 Å². The highest BCUT2D eigenvalue weighted by Crippen LogP contribution is 2.36. The van der Waals surface area contributed by atoms with E-state index in [0.717, 1.165) is 12.8 Å². The Bertz CT molecular complexity index is 853. The van der Waals surface area contributed by atoms with Gasteiger partial charge in [0.2, 0.25) is 0 Å². The van der Waals surface area contributed by atoms with Gasteiger partial charge < -0.3 is 14.8 Å². The zero-order valence-corrected chi connectivity index (χ0v) is 16.4. The molecule has 0 saturated carbocycles. The average Bonchev–Trinajstić information content (AvgIpc) is 2.70. The Hall–Kier alpha value is -3.09. The van der Waals surface area contributed by atoms with Crippen molar-refractivity contribution >= 4 is 23.3 Å². The second-order valence-electron chi connectivity index (χ2n) is 6.68. The lowest BCUT2D eigenvalue weighted by atomic mass is 10.0. The number of hydrogen-bond acceptors (Lipinski definition) is 5. The van der Waals surface area contributed by atoms with E-state index in [0.29, 0.717) is 36.2 Å². The van der Waals surface area contributed by atoms with E-state index in [1.165, 1.54) is 6.92 Å². The van der Waals surface area contributed by atoms with Crippen molar-refractivity contribution in [1.29, 1.82) is 0 Å². The minimum atomic E-state index is -1.68. The summed E-state index contributed by atoms with van der Waals surface area (Å²) in [5.74, 6) is 0.630. The molecular weight excluding hydrogens is 358 g/mol. The predicted molar refractivity (Wildman–Crippen MR) is 107 cm³/mol. The summed E-state index contributed by atoms with van der Waals surface area (Å²) in [6.45, 7) is 6.48. The van der Waals surface area contributed by atoms with Crippen LogP contribution in [0.25, 0.3) is 0 Å². The van der Waals surface area contributed by atoms with Gasteiger partial charge in [0.05, 0.1) is 6.61 Å². The van der Waals surface area contributed by atoms with Gasteiger partial charge in [-0.2, -0.15) is 0 Å². The fourth-order valence-electron chi connectivity index (χ4n) is 3.00. The number of carbonyl (C=O) groups excluding carboxylic acids is 2. The van der Waals surface area contributed by atoms with Gasteiger partial charge in [0, 0.05) is 18.4 Å². The van der Waals surface area contributed by atoms with E-state index >= 15 is 0 Å². The number of nitrogens with one attached hydrogen (secondary N) is 1. The first kappa shape index (κ1) is 19.7. The van der Waals surface area contributed by atoms with E-state index in [9.17, 15) is 9.59 Å². The number of pyridine rings is 1. The molecule has 1 aliphatic rings. The van der Waals surface area contributed by atoms with Crippen molar-refractivity contribution in [2.75, 3.05) is 23.4 Å². The molecule has 2 heterocycles. The second kappa shape index (κ2) is 8.29. The van der Waals surface area contributed by atoms with Crippen LogP contribution >= 0.6 is 0 Å². The van der Waals surface area contributed by atoms with Crippen LogP contribution in [0.4, 0.5) is 11.5 Å². The molecule has 0 aliphatic carbocycles. The summed E-state index contributed by atoms with van der Waals surface area (Å²) in [5.41, 5.74) is -1.12. The predicted octanol–water partition coefficient (Wildman–Crippen LogP) is 3.40. The Morgan fingerprint density at radius 2 is 2.00 bits per heavy atom. The standard InChI is InChI=1S/C21H25N3O4/c1-4-6-14-24-18-17(8-7-13-22-18)28-21(3,20(24)26)19(25)23-15-9-11-16(12-10-15)27-5-2/h7-13H,4-6,14H2,1-3H3,(H,23,25)/t21-/m1/s1. The number of unbranched alkanes of at least 4 members (excludes halogenated alkanes) is 1. The lowest BCUT2D eigenvalue weighted by Gasteiger charge is -2.38. The lowest BCUT2D eigenvalue weighted by Crippen LogP contribution is -2.61. The third kappa shape index (κ3) is 3.78. The molecule has 0 bridgehead atoms. The molecular formula is C21H25N3O4. The Morgan fingerprint density at radius 1 is 1.25 bits per heavy atom. The van der Waals surface area contributed by atoms with Crippen LogP contribution in [0.15, 0.2) is 42.6 Å². The first-order valence-corrected chi connectivity index (χ1v) is 9.50. The minimum absolute atomic E-state index is 0.419. The second-order valence-corrected chi connectivity index (χ2v) is 6.68. The van der Waals surface area contributed by atoms with Crippen LogP contribution in [0.1, 0.15) is 33.6 Å². The highest BCUT2D eigenvalue weighted by Gasteiger charge is 2.51. The fraction of sp³-hybridized carbons (Fsp3) is 0.381. The molecule has 2 aromatic rings. The van der Waals surface area contributed by atoms with Gasteiger partial charge in [0.25, 0.3) is 17.4 Å². The van der Waals surface area contributed by atoms with Crippen LogP contribution in [0.3, 0.4) is 0 Å². The van der Waals surface area contributed by atoms with Crippen molar-refractivity contribution in [2.45, 2.75) is 39.2 Å². The summed E-state index contributed by atoms with van der Waals surface area (Å²) >= 11 is 0. The molecule has 148 valence electrons. The molecule has 0 unspecified atom stereocenters. The fourth-order valence-corrected chi connectivity index (χ4v) is 3.00. The topological polar surface area (TPSA) is 80.8 Å². The quantitative estimate of drug-likeness (QED) is 0.741. The van der Waals surface area contributed by atoms with E-state index in [1.807, 2.05) is 13.8 Å². The maximum absolute atomic E-state index is 13.2. The van der Waals surface area contributed by atoms with Crippen LogP contribution in [-0.2, 0) is 9.59 Å². The summed E-state index contributed by atoms with van der Waals surface area (Å²) in [7, 11) is 0. The molecule has 7 heteroatoms. The van der Waals surface area contributed by atoms with Crippen molar-refractivity contribution in [2.24, 2.45) is 0 Å². The SMILES string of the molecule is CCCCN1C(=O)[C@@](C)(C(=O)Nc2ccc(OCC)cc2)Oc2cccnc21.